The smallest absolute Gasteiger partial charge is 0.335 e. The second kappa shape index (κ2) is 15.6. The molecule has 42 heavy (non-hydrogen) atoms. The largest absolute Gasteiger partial charge is 0.478 e. The van der Waals surface area contributed by atoms with E-state index in [9.17, 15) is 14.4 Å². The van der Waals surface area contributed by atoms with E-state index in [4.69, 9.17) is 5.11 Å². The summed E-state index contributed by atoms with van der Waals surface area (Å²) in [6.07, 6.45) is 2.08. The van der Waals surface area contributed by atoms with E-state index in [-0.39, 0.29) is 17.3 Å². The molecule has 220 valence electrons. The Bertz CT molecular complexity index is 1480. The lowest BCUT2D eigenvalue weighted by molar-refractivity contribution is 0.0697. The summed E-state index contributed by atoms with van der Waals surface area (Å²) in [5.74, 6) is -1.44. The molecule has 0 amide bonds. The molecular weight excluding hydrogens is 529 g/mol. The molecule has 0 unspecified atom stereocenters. The van der Waals surface area contributed by atoms with Gasteiger partial charge in [-0.2, -0.15) is 0 Å². The van der Waals surface area contributed by atoms with Crippen LogP contribution in [0.15, 0.2) is 90.2 Å². The Labute approximate surface area is 248 Å². The number of aromatic carboxylic acids is 1. The molecule has 2 N–H and O–H groups in total. The lowest BCUT2D eigenvalue weighted by Gasteiger charge is -2.21. The van der Waals surface area contributed by atoms with Crippen LogP contribution in [0, 0.1) is 19.7 Å². The topological polar surface area (TPSA) is 86.0 Å². The molecule has 6 nitrogen and oxygen atoms in total. The number of hydrogen-bond acceptors (Lipinski definition) is 5. The number of oxime groups is 1. The van der Waals surface area contributed by atoms with Crippen LogP contribution < -0.4 is 0 Å². The zero-order valence-electron chi connectivity index (χ0n) is 25.0. The van der Waals surface area contributed by atoms with E-state index in [0.717, 1.165) is 39.1 Å². The molecule has 7 heteroatoms. The van der Waals surface area contributed by atoms with Crippen molar-refractivity contribution in [3.05, 3.63) is 124 Å². The number of carbonyl (C=O) groups is 1. The number of benzene rings is 3. The average molecular weight is 570 g/mol. The minimum absolute atomic E-state index is 0.182. The molecule has 3 aromatic carbocycles. The average Bonchev–Trinajstić information content (AvgIpc) is 3.00. The SMILES string of the molecule is CCN(CC)CC.Cc1cc(/C(C[C@H](c2ccc(-c3ccc(C(=O)O)cc3)cc2)c2ccc(F)cc2C)=N/O)ccn1. The van der Waals surface area contributed by atoms with Crippen molar-refractivity contribution in [3.8, 4) is 11.1 Å². The maximum atomic E-state index is 13.9. The summed E-state index contributed by atoms with van der Waals surface area (Å²) in [6, 6.07) is 23.1. The quantitative estimate of drug-likeness (QED) is 0.115. The van der Waals surface area contributed by atoms with E-state index in [0.29, 0.717) is 12.1 Å². The molecule has 1 heterocycles. The van der Waals surface area contributed by atoms with Crippen molar-refractivity contribution in [2.45, 2.75) is 47.0 Å². The van der Waals surface area contributed by atoms with E-state index in [2.05, 4.69) is 35.8 Å². The number of rotatable bonds is 10. The molecular formula is C35H40FN3O3. The van der Waals surface area contributed by atoms with E-state index < -0.39 is 5.97 Å². The van der Waals surface area contributed by atoms with Crippen molar-refractivity contribution >= 4 is 11.7 Å². The summed E-state index contributed by atoms with van der Waals surface area (Å²) in [4.78, 5) is 17.7. The van der Waals surface area contributed by atoms with Gasteiger partial charge in [-0.25, -0.2) is 9.18 Å². The molecule has 1 aromatic heterocycles. The molecule has 0 radical (unpaired) electrons. The van der Waals surface area contributed by atoms with Gasteiger partial charge in [0.25, 0.3) is 0 Å². The number of hydrogen-bond donors (Lipinski definition) is 2. The van der Waals surface area contributed by atoms with Crippen LogP contribution in [0.3, 0.4) is 0 Å². The standard InChI is InChI=1S/C29H25FN2O3.C6H15N/c1-18-15-25(30)11-12-26(18)27(17-28(32-35)24-13-14-31-19(2)16-24)22-7-3-20(4-8-22)21-5-9-23(10-6-21)29(33)34;1-4-7(5-2)6-3/h3-16,27,35H,17H2,1-2H3,(H,33,34);4-6H2,1-3H3/b32-28+;/t27-;/m1./s1. The lowest BCUT2D eigenvalue weighted by atomic mass is 9.83. The van der Waals surface area contributed by atoms with Crippen molar-refractivity contribution < 1.29 is 19.5 Å². The molecule has 4 aromatic rings. The Balaban J connectivity index is 0.000000616. The van der Waals surface area contributed by atoms with Gasteiger partial charge in [0.2, 0.25) is 0 Å². The van der Waals surface area contributed by atoms with E-state index in [1.165, 1.54) is 31.8 Å². The monoisotopic (exact) mass is 569 g/mol. The molecule has 0 saturated carbocycles. The normalized spacial score (nSPS) is 12.0. The number of aromatic nitrogens is 1. The maximum Gasteiger partial charge on any atom is 0.335 e. The molecule has 0 aliphatic rings. The minimum Gasteiger partial charge on any atom is -0.478 e. The lowest BCUT2D eigenvalue weighted by Crippen LogP contribution is -2.21. The third-order valence-electron chi connectivity index (χ3n) is 7.48. The van der Waals surface area contributed by atoms with Crippen LogP contribution in [0.4, 0.5) is 4.39 Å². The fraction of sp³-hybridized carbons (Fsp3) is 0.286. The Morgan fingerprint density at radius 3 is 1.93 bits per heavy atom. The van der Waals surface area contributed by atoms with Crippen LogP contribution in [-0.4, -0.2) is 51.5 Å². The summed E-state index contributed by atoms with van der Waals surface area (Å²) < 4.78 is 13.9. The van der Waals surface area contributed by atoms with Gasteiger partial charge in [0.15, 0.2) is 0 Å². The van der Waals surface area contributed by atoms with Gasteiger partial charge in [-0.1, -0.05) is 68.4 Å². The van der Waals surface area contributed by atoms with Crippen molar-refractivity contribution in [1.82, 2.24) is 9.88 Å². The van der Waals surface area contributed by atoms with Crippen LogP contribution in [0.25, 0.3) is 11.1 Å². The second-order valence-corrected chi connectivity index (χ2v) is 10.1. The number of carboxylic acids is 1. The number of nitrogens with zero attached hydrogens (tertiary/aromatic N) is 3. The summed E-state index contributed by atoms with van der Waals surface area (Å²) >= 11 is 0. The highest BCUT2D eigenvalue weighted by molar-refractivity contribution is 6.01. The molecule has 0 aliphatic heterocycles. The minimum atomic E-state index is -0.963. The highest BCUT2D eigenvalue weighted by Gasteiger charge is 2.21. The van der Waals surface area contributed by atoms with Gasteiger partial charge in [0, 0.05) is 29.8 Å². The van der Waals surface area contributed by atoms with Crippen LogP contribution in [0.2, 0.25) is 0 Å². The van der Waals surface area contributed by atoms with E-state index in [1.54, 1.807) is 42.6 Å². The van der Waals surface area contributed by atoms with Crippen LogP contribution in [-0.2, 0) is 0 Å². The first kappa shape index (κ1) is 32.2. The Kier molecular flexibility index (Phi) is 11.9. The Morgan fingerprint density at radius 1 is 0.857 bits per heavy atom. The summed E-state index contributed by atoms with van der Waals surface area (Å²) in [5, 5.41) is 22.6. The van der Waals surface area contributed by atoms with E-state index >= 15 is 0 Å². The van der Waals surface area contributed by atoms with Crippen molar-refractivity contribution in [2.24, 2.45) is 5.16 Å². The fourth-order valence-corrected chi connectivity index (χ4v) is 4.96. The van der Waals surface area contributed by atoms with Crippen molar-refractivity contribution in [3.63, 3.8) is 0 Å². The number of halogens is 1. The molecule has 4 rings (SSSR count). The number of pyridine rings is 1. The predicted octanol–water partition coefficient (Wildman–Crippen LogP) is 7.95. The number of carboxylic acid groups (broad SMARTS) is 1. The molecule has 0 bridgehead atoms. The molecule has 0 aliphatic carbocycles. The molecule has 0 spiro atoms. The molecule has 0 fully saturated rings. The predicted molar refractivity (Wildman–Crippen MR) is 167 cm³/mol. The fourth-order valence-electron chi connectivity index (χ4n) is 4.96. The highest BCUT2D eigenvalue weighted by atomic mass is 19.1. The highest BCUT2D eigenvalue weighted by Crippen LogP contribution is 2.34. The van der Waals surface area contributed by atoms with Gasteiger partial charge >= 0.3 is 5.97 Å². The van der Waals surface area contributed by atoms with Gasteiger partial charge in [-0.15, -0.1) is 0 Å². The molecule has 0 saturated heterocycles. The van der Waals surface area contributed by atoms with Gasteiger partial charge in [0.05, 0.1) is 11.3 Å². The molecule has 1 atom stereocenters. The van der Waals surface area contributed by atoms with Crippen molar-refractivity contribution in [1.29, 1.82) is 0 Å². The van der Waals surface area contributed by atoms with Crippen LogP contribution >= 0.6 is 0 Å². The zero-order valence-corrected chi connectivity index (χ0v) is 25.0. The first-order valence-corrected chi connectivity index (χ1v) is 14.3. The first-order chi connectivity index (χ1) is 20.2. The first-order valence-electron chi connectivity index (χ1n) is 14.3. The van der Waals surface area contributed by atoms with Gasteiger partial charge in [-0.05, 0) is 97.7 Å². The van der Waals surface area contributed by atoms with E-state index in [1.807, 2.05) is 44.2 Å². The van der Waals surface area contributed by atoms with Crippen LogP contribution in [0.1, 0.15) is 71.4 Å². The third-order valence-corrected chi connectivity index (χ3v) is 7.48. The Morgan fingerprint density at radius 2 is 1.45 bits per heavy atom. The third kappa shape index (κ3) is 8.57. The van der Waals surface area contributed by atoms with Gasteiger partial charge in [0.1, 0.15) is 5.82 Å². The Hall–Kier alpha value is -4.36. The number of aryl methyl sites for hydroxylation is 2. The van der Waals surface area contributed by atoms with Gasteiger partial charge < -0.3 is 15.2 Å². The summed E-state index contributed by atoms with van der Waals surface area (Å²) in [7, 11) is 0. The maximum absolute atomic E-state index is 13.9. The zero-order chi connectivity index (χ0) is 30.6. The second-order valence-electron chi connectivity index (χ2n) is 10.1. The summed E-state index contributed by atoms with van der Waals surface area (Å²) in [5.41, 5.74) is 6.93. The van der Waals surface area contributed by atoms with Crippen LogP contribution in [0.5, 0.6) is 0 Å². The van der Waals surface area contributed by atoms with Crippen molar-refractivity contribution in [2.75, 3.05) is 19.6 Å². The van der Waals surface area contributed by atoms with Gasteiger partial charge in [-0.3, -0.25) is 4.98 Å². The summed E-state index contributed by atoms with van der Waals surface area (Å²) in [6.45, 7) is 13.9.